The summed E-state index contributed by atoms with van der Waals surface area (Å²) in [5.74, 6) is -0.636. The zero-order chi connectivity index (χ0) is 9.84. The summed E-state index contributed by atoms with van der Waals surface area (Å²) in [4.78, 5) is 22.0. The van der Waals surface area contributed by atoms with Crippen LogP contribution in [0.2, 0.25) is 0 Å². The van der Waals surface area contributed by atoms with Crippen molar-refractivity contribution < 1.29 is 14.7 Å². The van der Waals surface area contributed by atoms with Gasteiger partial charge in [-0.05, 0) is 0 Å². The Morgan fingerprint density at radius 3 is 2.85 bits per heavy atom. The van der Waals surface area contributed by atoms with Crippen LogP contribution in [0.5, 0.6) is 0 Å². The van der Waals surface area contributed by atoms with Crippen LogP contribution >= 0.6 is 0 Å². The molecule has 1 aliphatic heterocycles. The predicted molar refractivity (Wildman–Crippen MR) is 44.7 cm³/mol. The highest BCUT2D eigenvalue weighted by Gasteiger charge is 2.30. The highest BCUT2D eigenvalue weighted by atomic mass is 16.3. The van der Waals surface area contributed by atoms with Crippen LogP contribution in [0.3, 0.4) is 0 Å². The van der Waals surface area contributed by atoms with Crippen molar-refractivity contribution in [3.05, 3.63) is 0 Å². The van der Waals surface area contributed by atoms with Crippen molar-refractivity contribution >= 4 is 11.9 Å². The number of imide groups is 1. The molecule has 0 aromatic heterocycles. The Morgan fingerprint density at radius 1 is 1.54 bits per heavy atom. The van der Waals surface area contributed by atoms with Gasteiger partial charge in [0.25, 0.3) is 0 Å². The van der Waals surface area contributed by atoms with Crippen molar-refractivity contribution in [1.82, 2.24) is 16.0 Å². The maximum atomic E-state index is 11.1. The molecule has 0 aromatic rings. The van der Waals surface area contributed by atoms with E-state index in [4.69, 9.17) is 5.11 Å². The van der Waals surface area contributed by atoms with E-state index >= 15 is 0 Å². The highest BCUT2D eigenvalue weighted by Crippen LogP contribution is 2.04. The first-order chi connectivity index (χ1) is 6.15. The standard InChI is InChI=1S/C7H13N3O3/c1-4-5(8-2-3-11)9-7(13)10-6(4)12/h4-5,8,11H,2-3H2,1H3,(H2,9,10,12,13). The van der Waals surface area contributed by atoms with Crippen LogP contribution in [0.25, 0.3) is 0 Å². The molecule has 0 spiro atoms. The van der Waals surface area contributed by atoms with Crippen molar-refractivity contribution in [2.24, 2.45) is 5.92 Å². The monoisotopic (exact) mass is 187 g/mol. The Morgan fingerprint density at radius 2 is 2.23 bits per heavy atom. The number of hydrogen-bond donors (Lipinski definition) is 4. The van der Waals surface area contributed by atoms with E-state index in [0.717, 1.165) is 0 Å². The average Bonchev–Trinajstić information content (AvgIpc) is 2.09. The predicted octanol–water partition coefficient (Wildman–Crippen LogP) is -1.63. The molecular formula is C7H13N3O3. The van der Waals surface area contributed by atoms with Gasteiger partial charge in [-0.2, -0.15) is 0 Å². The van der Waals surface area contributed by atoms with Gasteiger partial charge in [-0.1, -0.05) is 6.92 Å². The van der Waals surface area contributed by atoms with Crippen molar-refractivity contribution in [2.75, 3.05) is 13.2 Å². The Balaban J connectivity index is 2.50. The topological polar surface area (TPSA) is 90.5 Å². The molecule has 1 rings (SSSR count). The Bertz CT molecular complexity index is 219. The normalized spacial score (nSPS) is 28.2. The number of aliphatic hydroxyl groups excluding tert-OH is 1. The number of carbonyl (C=O) groups is 2. The summed E-state index contributed by atoms with van der Waals surface area (Å²) >= 11 is 0. The van der Waals surface area contributed by atoms with Gasteiger partial charge in [0.1, 0.15) is 0 Å². The van der Waals surface area contributed by atoms with Crippen molar-refractivity contribution in [3.63, 3.8) is 0 Å². The highest BCUT2D eigenvalue weighted by molar-refractivity contribution is 5.98. The second-order valence-corrected chi connectivity index (χ2v) is 2.91. The SMILES string of the molecule is CC1C(=O)NC(=O)NC1NCCO. The lowest BCUT2D eigenvalue weighted by Crippen LogP contribution is -2.62. The minimum Gasteiger partial charge on any atom is -0.395 e. The molecule has 0 aromatic carbocycles. The summed E-state index contributed by atoms with van der Waals surface area (Å²) in [6, 6.07) is -0.501. The first-order valence-electron chi connectivity index (χ1n) is 4.10. The van der Waals surface area contributed by atoms with Gasteiger partial charge in [-0.25, -0.2) is 4.79 Å². The molecule has 6 nitrogen and oxygen atoms in total. The van der Waals surface area contributed by atoms with Gasteiger partial charge in [0.15, 0.2) is 0 Å². The quantitative estimate of drug-likeness (QED) is 0.427. The number of nitrogens with one attached hydrogen (secondary N) is 3. The zero-order valence-electron chi connectivity index (χ0n) is 7.33. The van der Waals surface area contributed by atoms with Gasteiger partial charge < -0.3 is 10.4 Å². The Hall–Kier alpha value is -1.14. The van der Waals surface area contributed by atoms with E-state index in [1.165, 1.54) is 0 Å². The molecule has 2 unspecified atom stereocenters. The molecule has 1 fully saturated rings. The number of rotatable bonds is 3. The fourth-order valence-electron chi connectivity index (χ4n) is 1.13. The van der Waals surface area contributed by atoms with Crippen LogP contribution in [0.1, 0.15) is 6.92 Å². The molecule has 13 heavy (non-hydrogen) atoms. The van der Waals surface area contributed by atoms with Gasteiger partial charge in [-0.15, -0.1) is 0 Å². The third-order valence-electron chi connectivity index (χ3n) is 1.91. The Labute approximate surface area is 75.7 Å². The fourth-order valence-corrected chi connectivity index (χ4v) is 1.13. The molecule has 1 aliphatic rings. The van der Waals surface area contributed by atoms with Gasteiger partial charge in [-0.3, -0.25) is 15.4 Å². The van der Waals surface area contributed by atoms with Crippen LogP contribution in [0.4, 0.5) is 4.79 Å². The molecule has 0 radical (unpaired) electrons. The molecule has 6 heteroatoms. The second kappa shape index (κ2) is 4.20. The van der Waals surface area contributed by atoms with Crippen LogP contribution in [0, 0.1) is 5.92 Å². The third-order valence-corrected chi connectivity index (χ3v) is 1.91. The molecule has 74 valence electrons. The second-order valence-electron chi connectivity index (χ2n) is 2.91. The van der Waals surface area contributed by atoms with Crippen molar-refractivity contribution in [2.45, 2.75) is 13.1 Å². The minimum atomic E-state index is -0.501. The smallest absolute Gasteiger partial charge is 0.322 e. The van der Waals surface area contributed by atoms with E-state index in [9.17, 15) is 9.59 Å². The molecule has 0 saturated carbocycles. The lowest BCUT2D eigenvalue weighted by molar-refractivity contribution is -0.125. The molecule has 4 N–H and O–H groups in total. The Kier molecular flexibility index (Phi) is 3.21. The lowest BCUT2D eigenvalue weighted by atomic mass is 10.1. The van der Waals surface area contributed by atoms with Gasteiger partial charge >= 0.3 is 6.03 Å². The van der Waals surface area contributed by atoms with Crippen LogP contribution in [-0.4, -0.2) is 36.4 Å². The average molecular weight is 187 g/mol. The van der Waals surface area contributed by atoms with Crippen molar-refractivity contribution in [1.29, 1.82) is 0 Å². The number of urea groups is 1. The summed E-state index contributed by atoms with van der Waals surface area (Å²) in [6.45, 7) is 2.02. The first-order valence-corrected chi connectivity index (χ1v) is 4.10. The fraction of sp³-hybridized carbons (Fsp3) is 0.714. The van der Waals surface area contributed by atoms with Crippen molar-refractivity contribution in [3.8, 4) is 0 Å². The van der Waals surface area contributed by atoms with E-state index in [0.29, 0.717) is 6.54 Å². The number of aliphatic hydroxyl groups is 1. The summed E-state index contributed by atoms with van der Waals surface area (Å²) in [6.07, 6.45) is -0.395. The molecule has 3 amide bonds. The van der Waals surface area contributed by atoms with Crippen LogP contribution in [0.15, 0.2) is 0 Å². The van der Waals surface area contributed by atoms with E-state index in [2.05, 4.69) is 16.0 Å². The van der Waals surface area contributed by atoms with Gasteiger partial charge in [0, 0.05) is 6.54 Å². The molecule has 0 aliphatic carbocycles. The summed E-state index contributed by atoms with van der Waals surface area (Å²) in [7, 11) is 0. The van der Waals surface area contributed by atoms with Crippen LogP contribution < -0.4 is 16.0 Å². The molecular weight excluding hydrogens is 174 g/mol. The largest absolute Gasteiger partial charge is 0.395 e. The van der Waals surface area contributed by atoms with E-state index in [-0.39, 0.29) is 18.4 Å². The molecule has 2 atom stereocenters. The summed E-state index contributed by atoms with van der Waals surface area (Å²) in [5, 5.41) is 16.1. The zero-order valence-corrected chi connectivity index (χ0v) is 7.33. The first kappa shape index (κ1) is 9.94. The number of hydrogen-bond acceptors (Lipinski definition) is 4. The summed E-state index contributed by atoms with van der Waals surface area (Å²) < 4.78 is 0. The van der Waals surface area contributed by atoms with E-state index in [1.807, 2.05) is 0 Å². The van der Waals surface area contributed by atoms with Gasteiger partial charge in [0.05, 0.1) is 18.7 Å². The van der Waals surface area contributed by atoms with E-state index < -0.39 is 12.2 Å². The third kappa shape index (κ3) is 2.40. The van der Waals surface area contributed by atoms with Gasteiger partial charge in [0.2, 0.25) is 5.91 Å². The molecule has 1 heterocycles. The maximum Gasteiger partial charge on any atom is 0.322 e. The van der Waals surface area contributed by atoms with Crippen LogP contribution in [-0.2, 0) is 4.79 Å². The lowest BCUT2D eigenvalue weighted by Gasteiger charge is -2.29. The molecule has 0 bridgehead atoms. The minimum absolute atomic E-state index is 0.0271. The number of carbonyl (C=O) groups excluding carboxylic acids is 2. The number of amides is 3. The molecule has 1 saturated heterocycles. The maximum absolute atomic E-state index is 11.1. The summed E-state index contributed by atoms with van der Waals surface area (Å²) in [5.41, 5.74) is 0. The van der Waals surface area contributed by atoms with E-state index in [1.54, 1.807) is 6.92 Å².